The number of ether oxygens (including phenoxy) is 2. The third-order valence-corrected chi connectivity index (χ3v) is 5.05. The summed E-state index contributed by atoms with van der Waals surface area (Å²) in [6, 6.07) is 5.75. The largest absolute Gasteiger partial charge is 0.481 e. The Labute approximate surface area is 162 Å². The van der Waals surface area contributed by atoms with Gasteiger partial charge in [-0.1, -0.05) is 25.4 Å². The van der Waals surface area contributed by atoms with Crippen molar-refractivity contribution in [2.45, 2.75) is 46.3 Å². The molecule has 1 aromatic rings. The first kappa shape index (κ1) is 21.0. The molecular formula is C20H31ClN2O3. The molecule has 2 rings (SSSR count). The van der Waals surface area contributed by atoms with Crippen molar-refractivity contribution in [2.24, 2.45) is 5.92 Å². The number of carbonyl (C=O) groups is 1. The molecule has 0 aromatic heterocycles. The van der Waals surface area contributed by atoms with E-state index < -0.39 is 6.10 Å². The molecule has 6 heteroatoms. The zero-order valence-corrected chi connectivity index (χ0v) is 17.0. The molecule has 0 aliphatic carbocycles. The van der Waals surface area contributed by atoms with Gasteiger partial charge in [0.05, 0.1) is 13.2 Å². The summed E-state index contributed by atoms with van der Waals surface area (Å²) in [7, 11) is 0. The summed E-state index contributed by atoms with van der Waals surface area (Å²) >= 11 is 6.03. The van der Waals surface area contributed by atoms with Gasteiger partial charge in [-0.05, 0) is 49.9 Å². The highest BCUT2D eigenvalue weighted by molar-refractivity contribution is 6.31. The van der Waals surface area contributed by atoms with Crippen molar-refractivity contribution >= 4 is 17.5 Å². The Morgan fingerprint density at radius 1 is 1.31 bits per heavy atom. The lowest BCUT2D eigenvalue weighted by Crippen LogP contribution is -2.50. The lowest BCUT2D eigenvalue weighted by molar-refractivity contribution is -0.127. The number of rotatable bonds is 8. The zero-order chi connectivity index (χ0) is 19.1. The summed E-state index contributed by atoms with van der Waals surface area (Å²) in [5.74, 6) is 1.13. The Morgan fingerprint density at radius 3 is 2.62 bits per heavy atom. The molecule has 1 aliphatic rings. The fourth-order valence-corrected chi connectivity index (χ4v) is 3.28. The number of benzene rings is 1. The maximum atomic E-state index is 12.5. The van der Waals surface area contributed by atoms with Crippen LogP contribution in [-0.2, 0) is 9.53 Å². The third kappa shape index (κ3) is 6.45. The highest BCUT2D eigenvalue weighted by Crippen LogP contribution is 2.22. The smallest absolute Gasteiger partial charge is 0.260 e. The average Bonchev–Trinajstić information content (AvgIpc) is 2.61. The van der Waals surface area contributed by atoms with E-state index >= 15 is 0 Å². The lowest BCUT2D eigenvalue weighted by Gasteiger charge is -2.35. The van der Waals surface area contributed by atoms with Crippen molar-refractivity contribution < 1.29 is 14.3 Å². The molecule has 5 nitrogen and oxygen atoms in total. The van der Waals surface area contributed by atoms with Crippen LogP contribution in [0.3, 0.4) is 0 Å². The van der Waals surface area contributed by atoms with Crippen LogP contribution < -0.4 is 10.1 Å². The number of nitrogens with zero attached hydrogens (tertiary/aromatic N) is 1. The van der Waals surface area contributed by atoms with Crippen molar-refractivity contribution in [3.8, 4) is 5.75 Å². The minimum Gasteiger partial charge on any atom is -0.481 e. The van der Waals surface area contributed by atoms with Gasteiger partial charge in [0, 0.05) is 30.7 Å². The number of hydrogen-bond donors (Lipinski definition) is 1. The van der Waals surface area contributed by atoms with Gasteiger partial charge in [-0.3, -0.25) is 9.69 Å². The van der Waals surface area contributed by atoms with Crippen molar-refractivity contribution in [1.29, 1.82) is 0 Å². The molecular weight excluding hydrogens is 352 g/mol. The van der Waals surface area contributed by atoms with Crippen molar-refractivity contribution in [1.82, 2.24) is 10.2 Å². The maximum Gasteiger partial charge on any atom is 0.260 e. The first-order valence-corrected chi connectivity index (χ1v) is 9.77. The second-order valence-corrected chi connectivity index (χ2v) is 7.76. The van der Waals surface area contributed by atoms with Gasteiger partial charge in [-0.15, -0.1) is 0 Å². The molecule has 2 atom stereocenters. The second-order valence-electron chi connectivity index (χ2n) is 7.35. The molecule has 1 aliphatic heterocycles. The van der Waals surface area contributed by atoms with Gasteiger partial charge in [0.25, 0.3) is 5.91 Å². The van der Waals surface area contributed by atoms with E-state index in [0.29, 0.717) is 29.3 Å². The van der Waals surface area contributed by atoms with Crippen LogP contribution in [0.4, 0.5) is 0 Å². The topological polar surface area (TPSA) is 50.8 Å². The van der Waals surface area contributed by atoms with E-state index in [1.54, 1.807) is 19.1 Å². The highest BCUT2D eigenvalue weighted by Gasteiger charge is 2.24. The summed E-state index contributed by atoms with van der Waals surface area (Å²) in [6.07, 6.45) is 0.492. The van der Waals surface area contributed by atoms with Gasteiger partial charge < -0.3 is 14.8 Å². The zero-order valence-electron chi connectivity index (χ0n) is 16.3. The standard InChI is InChI=1S/C20H31ClN2O3/c1-14(2)11-17(23-7-9-25-10-8-23)13-22-20(24)16(4)26-18-5-6-19(21)15(3)12-18/h5-6,12,14,16-17H,7-11,13H2,1-4H3,(H,22,24). The molecule has 2 unspecified atom stereocenters. The van der Waals surface area contributed by atoms with Gasteiger partial charge in [0.1, 0.15) is 5.75 Å². The molecule has 1 aromatic carbocycles. The molecule has 1 heterocycles. The molecule has 0 bridgehead atoms. The summed E-state index contributed by atoms with van der Waals surface area (Å²) in [6.45, 7) is 12.1. The number of nitrogens with one attached hydrogen (secondary N) is 1. The fraction of sp³-hybridized carbons (Fsp3) is 0.650. The molecule has 0 radical (unpaired) electrons. The molecule has 1 fully saturated rings. The normalized spacial score (nSPS) is 17.8. The van der Waals surface area contributed by atoms with Crippen LogP contribution in [-0.4, -0.2) is 55.8 Å². The Kier molecular flexibility index (Phi) is 8.19. The minimum absolute atomic E-state index is 0.0976. The Hall–Kier alpha value is -1.30. The van der Waals surface area contributed by atoms with Gasteiger partial charge >= 0.3 is 0 Å². The van der Waals surface area contributed by atoms with E-state index in [2.05, 4.69) is 24.1 Å². The number of hydrogen-bond acceptors (Lipinski definition) is 4. The molecule has 1 amide bonds. The van der Waals surface area contributed by atoms with E-state index in [-0.39, 0.29) is 5.91 Å². The molecule has 1 saturated heterocycles. The number of carbonyl (C=O) groups excluding carboxylic acids is 1. The van der Waals surface area contributed by atoms with Crippen LogP contribution in [0.2, 0.25) is 5.02 Å². The number of aryl methyl sites for hydroxylation is 1. The molecule has 1 N–H and O–H groups in total. The van der Waals surface area contributed by atoms with Crippen LogP contribution in [0, 0.1) is 12.8 Å². The van der Waals surface area contributed by atoms with Crippen molar-refractivity contribution in [3.63, 3.8) is 0 Å². The first-order valence-electron chi connectivity index (χ1n) is 9.39. The van der Waals surface area contributed by atoms with E-state index in [0.717, 1.165) is 38.3 Å². The van der Waals surface area contributed by atoms with E-state index in [9.17, 15) is 4.79 Å². The average molecular weight is 383 g/mol. The predicted octanol–water partition coefficient (Wildman–Crippen LogP) is 3.28. The maximum absolute atomic E-state index is 12.5. The number of halogens is 1. The lowest BCUT2D eigenvalue weighted by atomic mass is 10.0. The summed E-state index contributed by atoms with van der Waals surface area (Å²) in [4.78, 5) is 14.9. The van der Waals surface area contributed by atoms with E-state index in [1.807, 2.05) is 13.0 Å². The number of morpholine rings is 1. The summed E-state index contributed by atoms with van der Waals surface area (Å²) < 4.78 is 11.2. The number of amides is 1. The monoisotopic (exact) mass is 382 g/mol. The Bertz CT molecular complexity index is 588. The fourth-order valence-electron chi connectivity index (χ4n) is 3.16. The van der Waals surface area contributed by atoms with Gasteiger partial charge in [-0.25, -0.2) is 0 Å². The van der Waals surface area contributed by atoms with Crippen LogP contribution in [0.15, 0.2) is 18.2 Å². The molecule has 0 saturated carbocycles. The first-order chi connectivity index (χ1) is 12.4. The van der Waals surface area contributed by atoms with Crippen molar-refractivity contribution in [2.75, 3.05) is 32.8 Å². The van der Waals surface area contributed by atoms with E-state index in [4.69, 9.17) is 21.1 Å². The van der Waals surface area contributed by atoms with E-state index in [1.165, 1.54) is 0 Å². The van der Waals surface area contributed by atoms with Crippen LogP contribution in [0.1, 0.15) is 32.8 Å². The van der Waals surface area contributed by atoms with Crippen LogP contribution in [0.5, 0.6) is 5.75 Å². The SMILES string of the molecule is Cc1cc(OC(C)C(=O)NCC(CC(C)C)N2CCOCC2)ccc1Cl. The summed E-state index contributed by atoms with van der Waals surface area (Å²) in [5, 5.41) is 3.75. The van der Waals surface area contributed by atoms with Gasteiger partial charge in [-0.2, -0.15) is 0 Å². The molecule has 0 spiro atoms. The Morgan fingerprint density at radius 2 is 2.00 bits per heavy atom. The van der Waals surface area contributed by atoms with Crippen LogP contribution >= 0.6 is 11.6 Å². The molecule has 26 heavy (non-hydrogen) atoms. The predicted molar refractivity (Wildman–Crippen MR) is 105 cm³/mol. The van der Waals surface area contributed by atoms with Gasteiger partial charge in [0.2, 0.25) is 0 Å². The quantitative estimate of drug-likeness (QED) is 0.749. The Balaban J connectivity index is 1.87. The van der Waals surface area contributed by atoms with Gasteiger partial charge in [0.15, 0.2) is 6.10 Å². The second kappa shape index (κ2) is 10.1. The van der Waals surface area contributed by atoms with Crippen molar-refractivity contribution in [3.05, 3.63) is 28.8 Å². The third-order valence-electron chi connectivity index (χ3n) is 4.63. The minimum atomic E-state index is -0.556. The highest BCUT2D eigenvalue weighted by atomic mass is 35.5. The van der Waals surface area contributed by atoms with Crippen LogP contribution in [0.25, 0.3) is 0 Å². The summed E-state index contributed by atoms with van der Waals surface area (Å²) in [5.41, 5.74) is 0.932. The molecule has 146 valence electrons.